The van der Waals surface area contributed by atoms with E-state index in [0.717, 1.165) is 0 Å². The largest absolute Gasteiger partial charge is 0.302 e. The molecule has 0 aromatic carbocycles. The molecule has 0 aliphatic heterocycles. The van der Waals surface area contributed by atoms with E-state index in [1.807, 2.05) is 41.6 Å². The van der Waals surface area contributed by atoms with Crippen molar-refractivity contribution < 1.29 is 4.39 Å². The first kappa shape index (κ1) is 9.79. The summed E-state index contributed by atoms with van der Waals surface area (Å²) in [5, 5.41) is 0. The van der Waals surface area contributed by atoms with Gasteiger partial charge in [-0.15, -0.1) is 0 Å². The Morgan fingerprint density at radius 2 is 2.25 bits per heavy atom. The molecule has 0 radical (unpaired) electrons. The lowest BCUT2D eigenvalue weighted by atomic mass is 10.5. The van der Waals surface area contributed by atoms with Gasteiger partial charge in [0.05, 0.1) is 10.1 Å². The van der Waals surface area contributed by atoms with Crippen molar-refractivity contribution in [3.63, 3.8) is 0 Å². The van der Waals surface area contributed by atoms with Crippen LogP contribution in [0.1, 0.15) is 5.82 Å². The van der Waals surface area contributed by atoms with E-state index in [1.165, 1.54) is 6.20 Å². The molecule has 3 nitrogen and oxygen atoms in total. The van der Waals surface area contributed by atoms with Crippen LogP contribution < -0.4 is 0 Å². The second-order valence-corrected chi connectivity index (χ2v) is 3.82. The summed E-state index contributed by atoms with van der Waals surface area (Å²) in [6.45, 7) is 0.563. The van der Waals surface area contributed by atoms with Gasteiger partial charge in [0.15, 0.2) is 0 Å². The van der Waals surface area contributed by atoms with Crippen LogP contribution in [-0.4, -0.2) is 29.0 Å². The summed E-state index contributed by atoms with van der Waals surface area (Å²) in [4.78, 5) is 9.56. The number of nitrogens with zero attached hydrogens (tertiary/aromatic N) is 3. The van der Waals surface area contributed by atoms with Crippen LogP contribution in [-0.2, 0) is 6.54 Å². The summed E-state index contributed by atoms with van der Waals surface area (Å²) in [6.07, 6.45) is 1.49. The third-order valence-electron chi connectivity index (χ3n) is 1.21. The molecule has 66 valence electrons. The molecule has 0 bridgehead atoms. The van der Waals surface area contributed by atoms with Gasteiger partial charge in [0.2, 0.25) is 5.95 Å². The van der Waals surface area contributed by atoms with Crippen molar-refractivity contribution in [2.45, 2.75) is 6.54 Å². The summed E-state index contributed by atoms with van der Waals surface area (Å²) in [5.41, 5.74) is 0. The van der Waals surface area contributed by atoms with Crippen LogP contribution in [0.15, 0.2) is 6.20 Å². The maximum absolute atomic E-state index is 12.9. The average molecular weight is 281 g/mol. The SMILES string of the molecule is CN(C)Cc1ncc(I)c(F)n1. The molecule has 0 saturated carbocycles. The van der Waals surface area contributed by atoms with Crippen LogP contribution in [0, 0.1) is 9.52 Å². The maximum Gasteiger partial charge on any atom is 0.229 e. The molecule has 0 aliphatic carbocycles. The smallest absolute Gasteiger partial charge is 0.229 e. The van der Waals surface area contributed by atoms with Gasteiger partial charge >= 0.3 is 0 Å². The van der Waals surface area contributed by atoms with Crippen LogP contribution in [0.2, 0.25) is 0 Å². The zero-order valence-electron chi connectivity index (χ0n) is 6.88. The fourth-order valence-corrected chi connectivity index (χ4v) is 0.999. The topological polar surface area (TPSA) is 29.0 Å². The van der Waals surface area contributed by atoms with E-state index < -0.39 is 5.95 Å². The van der Waals surface area contributed by atoms with E-state index in [0.29, 0.717) is 15.9 Å². The highest BCUT2D eigenvalue weighted by Crippen LogP contribution is 2.06. The predicted octanol–water partition coefficient (Wildman–Crippen LogP) is 1.28. The third kappa shape index (κ3) is 2.63. The predicted molar refractivity (Wildman–Crippen MR) is 52.1 cm³/mol. The maximum atomic E-state index is 12.9. The third-order valence-corrected chi connectivity index (χ3v) is 1.93. The van der Waals surface area contributed by atoms with E-state index in [-0.39, 0.29) is 0 Å². The van der Waals surface area contributed by atoms with Crippen LogP contribution in [0.3, 0.4) is 0 Å². The highest BCUT2D eigenvalue weighted by Gasteiger charge is 2.03. The molecule has 0 spiro atoms. The molecule has 1 aromatic heterocycles. The van der Waals surface area contributed by atoms with Crippen LogP contribution >= 0.6 is 22.6 Å². The monoisotopic (exact) mass is 281 g/mol. The van der Waals surface area contributed by atoms with E-state index in [2.05, 4.69) is 9.97 Å². The molecular formula is C7H9FIN3. The van der Waals surface area contributed by atoms with Gasteiger partial charge < -0.3 is 4.90 Å². The first-order valence-corrected chi connectivity index (χ1v) is 4.49. The van der Waals surface area contributed by atoms with Gasteiger partial charge in [0, 0.05) is 6.20 Å². The molecular weight excluding hydrogens is 272 g/mol. The van der Waals surface area contributed by atoms with Crippen LogP contribution in [0.5, 0.6) is 0 Å². The molecule has 1 heterocycles. The van der Waals surface area contributed by atoms with Gasteiger partial charge in [-0.25, -0.2) is 9.97 Å². The molecule has 0 amide bonds. The van der Waals surface area contributed by atoms with Gasteiger partial charge in [-0.3, -0.25) is 0 Å². The molecule has 0 unspecified atom stereocenters. The van der Waals surface area contributed by atoms with Crippen molar-refractivity contribution in [2.75, 3.05) is 14.1 Å². The number of halogens is 2. The summed E-state index contributed by atoms with van der Waals surface area (Å²) >= 11 is 1.86. The van der Waals surface area contributed by atoms with Crippen molar-refractivity contribution in [3.05, 3.63) is 21.5 Å². The van der Waals surface area contributed by atoms with Gasteiger partial charge in [-0.1, -0.05) is 0 Å². The average Bonchev–Trinajstić information content (AvgIpc) is 1.96. The Bertz CT molecular complexity index is 277. The lowest BCUT2D eigenvalue weighted by Crippen LogP contribution is -2.14. The zero-order valence-corrected chi connectivity index (χ0v) is 9.04. The van der Waals surface area contributed by atoms with Crippen LogP contribution in [0.4, 0.5) is 4.39 Å². The summed E-state index contributed by atoms with van der Waals surface area (Å²) in [6, 6.07) is 0. The summed E-state index contributed by atoms with van der Waals surface area (Å²) in [7, 11) is 3.78. The minimum atomic E-state index is -0.442. The molecule has 5 heteroatoms. The Hall–Kier alpha value is -0.300. The van der Waals surface area contributed by atoms with Crippen molar-refractivity contribution >= 4 is 22.6 Å². The number of rotatable bonds is 2. The highest BCUT2D eigenvalue weighted by atomic mass is 127. The first-order valence-electron chi connectivity index (χ1n) is 3.41. The van der Waals surface area contributed by atoms with Gasteiger partial charge in [-0.2, -0.15) is 4.39 Å². The summed E-state index contributed by atoms with van der Waals surface area (Å²) in [5.74, 6) is 0.0698. The number of hydrogen-bond acceptors (Lipinski definition) is 3. The van der Waals surface area contributed by atoms with Crippen LogP contribution in [0.25, 0.3) is 0 Å². The minimum Gasteiger partial charge on any atom is -0.302 e. The Labute approximate surface area is 84.2 Å². The van der Waals surface area contributed by atoms with Gasteiger partial charge in [0.25, 0.3) is 0 Å². The molecule has 12 heavy (non-hydrogen) atoms. The Morgan fingerprint density at radius 1 is 1.58 bits per heavy atom. The van der Waals surface area contributed by atoms with Crippen molar-refractivity contribution in [1.82, 2.24) is 14.9 Å². The zero-order chi connectivity index (χ0) is 9.14. The fourth-order valence-electron chi connectivity index (χ4n) is 0.739. The number of aromatic nitrogens is 2. The highest BCUT2D eigenvalue weighted by molar-refractivity contribution is 14.1. The Kier molecular flexibility index (Phi) is 3.33. The second-order valence-electron chi connectivity index (χ2n) is 2.66. The lowest BCUT2D eigenvalue weighted by Gasteiger charge is -2.07. The van der Waals surface area contributed by atoms with Gasteiger partial charge in [-0.05, 0) is 36.7 Å². The molecule has 1 aromatic rings. The Balaban J connectivity index is 2.82. The second kappa shape index (κ2) is 4.08. The Morgan fingerprint density at radius 3 is 2.75 bits per heavy atom. The lowest BCUT2D eigenvalue weighted by molar-refractivity contribution is 0.385. The van der Waals surface area contributed by atoms with E-state index in [4.69, 9.17) is 0 Å². The van der Waals surface area contributed by atoms with Crippen molar-refractivity contribution in [1.29, 1.82) is 0 Å². The van der Waals surface area contributed by atoms with Crippen molar-refractivity contribution in [2.24, 2.45) is 0 Å². The molecule has 0 fully saturated rings. The molecule has 0 N–H and O–H groups in total. The van der Waals surface area contributed by atoms with E-state index in [1.54, 1.807) is 0 Å². The summed E-state index contributed by atoms with van der Waals surface area (Å²) < 4.78 is 13.3. The van der Waals surface area contributed by atoms with Gasteiger partial charge in [0.1, 0.15) is 5.82 Å². The first-order chi connectivity index (χ1) is 5.59. The molecule has 1 rings (SSSR count). The van der Waals surface area contributed by atoms with E-state index in [9.17, 15) is 4.39 Å². The van der Waals surface area contributed by atoms with E-state index >= 15 is 0 Å². The number of hydrogen-bond donors (Lipinski definition) is 0. The molecule has 0 atom stereocenters. The minimum absolute atomic E-state index is 0.442. The normalized spacial score (nSPS) is 10.8. The molecule has 0 aliphatic rings. The quantitative estimate of drug-likeness (QED) is 0.604. The molecule has 0 saturated heterocycles. The fraction of sp³-hybridized carbons (Fsp3) is 0.429. The van der Waals surface area contributed by atoms with Crippen molar-refractivity contribution in [3.8, 4) is 0 Å². The standard InChI is InChI=1S/C7H9FIN3/c1-12(2)4-6-10-3-5(9)7(8)11-6/h3H,4H2,1-2H3.